The number of methoxy groups -OCH3 is 1. The molecule has 9 heteroatoms. The van der Waals surface area contributed by atoms with Crippen molar-refractivity contribution in [2.45, 2.75) is 44.4 Å². The molecule has 9 nitrogen and oxygen atoms in total. The van der Waals surface area contributed by atoms with Crippen molar-refractivity contribution in [2.75, 3.05) is 26.8 Å². The first kappa shape index (κ1) is 19.2. The monoisotopic (exact) mass is 410 g/mol. The minimum absolute atomic E-state index is 0.115. The summed E-state index contributed by atoms with van der Waals surface area (Å²) < 4.78 is 13.0. The maximum atomic E-state index is 13.1. The maximum absolute atomic E-state index is 13.1. The van der Waals surface area contributed by atoms with E-state index in [4.69, 9.17) is 9.47 Å². The van der Waals surface area contributed by atoms with Crippen molar-refractivity contribution >= 4 is 10.9 Å². The molecule has 30 heavy (non-hydrogen) atoms. The highest BCUT2D eigenvalue weighted by Crippen LogP contribution is 2.30. The van der Waals surface area contributed by atoms with Gasteiger partial charge in [-0.1, -0.05) is 0 Å². The number of ether oxygens (including phenoxy) is 2. The lowest BCUT2D eigenvalue weighted by Gasteiger charge is -2.27. The molecular formula is C21H26N6O3. The fraction of sp³-hybridized carbons (Fsp3) is 0.524. The summed E-state index contributed by atoms with van der Waals surface area (Å²) in [6.45, 7) is 3.20. The molecule has 0 radical (unpaired) electrons. The minimum Gasteiger partial charge on any atom is -0.497 e. The molecule has 2 saturated heterocycles. The van der Waals surface area contributed by atoms with E-state index in [9.17, 15) is 4.79 Å². The molecule has 4 heterocycles. The third-order valence-electron chi connectivity index (χ3n) is 6.09. The molecule has 0 unspecified atom stereocenters. The second kappa shape index (κ2) is 8.16. The molecule has 1 aromatic carbocycles. The first-order chi connectivity index (χ1) is 14.7. The average Bonchev–Trinajstić information content (AvgIpc) is 3.53. The number of tetrazole rings is 1. The highest BCUT2D eigenvalue weighted by molar-refractivity contribution is 5.80. The number of likely N-dealkylation sites (tertiary alicyclic amines) is 1. The summed E-state index contributed by atoms with van der Waals surface area (Å²) in [5, 5.41) is 13.5. The van der Waals surface area contributed by atoms with Gasteiger partial charge in [-0.3, -0.25) is 9.69 Å². The molecule has 2 atom stereocenters. The topological polar surface area (TPSA) is 98.2 Å². The van der Waals surface area contributed by atoms with Crippen molar-refractivity contribution in [3.8, 4) is 5.75 Å². The molecule has 0 aliphatic carbocycles. The lowest BCUT2D eigenvalue weighted by molar-refractivity contribution is 0.0912. The molecule has 2 aromatic heterocycles. The Morgan fingerprint density at radius 3 is 2.90 bits per heavy atom. The highest BCUT2D eigenvalue weighted by atomic mass is 16.5. The number of fused-ring (bicyclic) bond motifs is 1. The van der Waals surface area contributed by atoms with Gasteiger partial charge in [-0.05, 0) is 73.5 Å². The van der Waals surface area contributed by atoms with E-state index in [2.05, 4.69) is 25.4 Å². The lowest BCUT2D eigenvalue weighted by atomic mass is 10.0. The second-order valence-corrected chi connectivity index (χ2v) is 8.01. The molecule has 2 aliphatic rings. The molecule has 0 bridgehead atoms. The number of rotatable bonds is 6. The SMILES string of the molecule is COc1ccc2[nH]c(=O)c([C@@H](c3nnnn3C[C@H]3CCCO3)N3CCCC3)cc2c1. The largest absolute Gasteiger partial charge is 0.497 e. The van der Waals surface area contributed by atoms with E-state index in [-0.39, 0.29) is 17.7 Å². The van der Waals surface area contributed by atoms with Crippen molar-refractivity contribution in [1.29, 1.82) is 0 Å². The Hall–Kier alpha value is -2.78. The van der Waals surface area contributed by atoms with Gasteiger partial charge in [0.15, 0.2) is 5.82 Å². The fourth-order valence-corrected chi connectivity index (χ4v) is 4.55. The Balaban J connectivity index is 1.59. The van der Waals surface area contributed by atoms with E-state index < -0.39 is 0 Å². The zero-order chi connectivity index (χ0) is 20.5. The number of nitrogens with zero attached hydrogens (tertiary/aromatic N) is 5. The minimum atomic E-state index is -0.303. The van der Waals surface area contributed by atoms with E-state index >= 15 is 0 Å². The van der Waals surface area contributed by atoms with Crippen molar-refractivity contribution in [2.24, 2.45) is 0 Å². The number of H-pyrrole nitrogens is 1. The maximum Gasteiger partial charge on any atom is 0.253 e. The van der Waals surface area contributed by atoms with Crippen LogP contribution < -0.4 is 10.3 Å². The van der Waals surface area contributed by atoms with E-state index in [1.807, 2.05) is 28.9 Å². The molecule has 2 aliphatic heterocycles. The number of hydrogen-bond donors (Lipinski definition) is 1. The van der Waals surface area contributed by atoms with Gasteiger partial charge in [0.25, 0.3) is 5.56 Å². The smallest absolute Gasteiger partial charge is 0.253 e. The van der Waals surface area contributed by atoms with Gasteiger partial charge in [-0.2, -0.15) is 0 Å². The molecule has 0 saturated carbocycles. The molecule has 158 valence electrons. The van der Waals surface area contributed by atoms with Gasteiger partial charge in [0.2, 0.25) is 0 Å². The summed E-state index contributed by atoms with van der Waals surface area (Å²) in [5.41, 5.74) is 1.32. The zero-order valence-electron chi connectivity index (χ0n) is 17.1. The Labute approximate surface area is 174 Å². The van der Waals surface area contributed by atoms with Crippen LogP contribution in [0, 0.1) is 0 Å². The van der Waals surface area contributed by atoms with Crippen LogP contribution in [0.15, 0.2) is 29.1 Å². The van der Waals surface area contributed by atoms with Gasteiger partial charge in [0, 0.05) is 23.1 Å². The number of hydrogen-bond acceptors (Lipinski definition) is 7. The van der Waals surface area contributed by atoms with Crippen molar-refractivity contribution in [3.05, 3.63) is 46.0 Å². The highest BCUT2D eigenvalue weighted by Gasteiger charge is 2.32. The van der Waals surface area contributed by atoms with Crippen LogP contribution in [0.1, 0.15) is 43.1 Å². The summed E-state index contributed by atoms with van der Waals surface area (Å²) in [5.74, 6) is 1.45. The Kier molecular flexibility index (Phi) is 5.22. The van der Waals surface area contributed by atoms with Crippen LogP contribution in [0.5, 0.6) is 5.75 Å². The van der Waals surface area contributed by atoms with Crippen LogP contribution in [0.3, 0.4) is 0 Å². The van der Waals surface area contributed by atoms with Crippen LogP contribution in [0.4, 0.5) is 0 Å². The number of benzene rings is 1. The van der Waals surface area contributed by atoms with Crippen molar-refractivity contribution in [1.82, 2.24) is 30.1 Å². The predicted molar refractivity (Wildman–Crippen MR) is 111 cm³/mol. The van der Waals surface area contributed by atoms with E-state index in [0.29, 0.717) is 17.9 Å². The van der Waals surface area contributed by atoms with Gasteiger partial charge in [-0.25, -0.2) is 4.68 Å². The van der Waals surface area contributed by atoms with Crippen LogP contribution in [0.2, 0.25) is 0 Å². The number of nitrogens with one attached hydrogen (secondary N) is 1. The third kappa shape index (κ3) is 3.59. The van der Waals surface area contributed by atoms with E-state index in [1.54, 1.807) is 7.11 Å². The van der Waals surface area contributed by atoms with E-state index in [0.717, 1.165) is 62.0 Å². The zero-order valence-corrected chi connectivity index (χ0v) is 17.1. The Bertz CT molecular complexity index is 1080. The molecule has 0 amide bonds. The lowest BCUT2D eigenvalue weighted by Crippen LogP contribution is -2.34. The number of aromatic nitrogens is 5. The van der Waals surface area contributed by atoms with Gasteiger partial charge < -0.3 is 14.5 Å². The summed E-state index contributed by atoms with van der Waals surface area (Å²) in [4.78, 5) is 18.4. The summed E-state index contributed by atoms with van der Waals surface area (Å²) in [6, 6.07) is 7.29. The molecule has 0 spiro atoms. The van der Waals surface area contributed by atoms with Gasteiger partial charge in [-0.15, -0.1) is 5.10 Å². The van der Waals surface area contributed by atoms with Crippen LogP contribution in [-0.2, 0) is 11.3 Å². The van der Waals surface area contributed by atoms with Gasteiger partial charge in [0.1, 0.15) is 11.8 Å². The molecule has 1 N–H and O–H groups in total. The average molecular weight is 410 g/mol. The molecular weight excluding hydrogens is 384 g/mol. The van der Waals surface area contributed by atoms with Gasteiger partial charge in [0.05, 0.1) is 19.8 Å². The quantitative estimate of drug-likeness (QED) is 0.663. The second-order valence-electron chi connectivity index (χ2n) is 8.01. The fourth-order valence-electron chi connectivity index (χ4n) is 4.55. The normalized spacial score (nSPS) is 20.8. The first-order valence-electron chi connectivity index (χ1n) is 10.6. The molecule has 5 rings (SSSR count). The third-order valence-corrected chi connectivity index (χ3v) is 6.09. The molecule has 2 fully saturated rings. The predicted octanol–water partition coefficient (Wildman–Crippen LogP) is 1.89. The Morgan fingerprint density at radius 2 is 2.13 bits per heavy atom. The number of pyridine rings is 1. The van der Waals surface area contributed by atoms with Crippen LogP contribution in [0.25, 0.3) is 10.9 Å². The van der Waals surface area contributed by atoms with Gasteiger partial charge >= 0.3 is 0 Å². The van der Waals surface area contributed by atoms with Crippen molar-refractivity contribution in [3.63, 3.8) is 0 Å². The summed E-state index contributed by atoms with van der Waals surface area (Å²) >= 11 is 0. The summed E-state index contributed by atoms with van der Waals surface area (Å²) in [7, 11) is 1.64. The van der Waals surface area contributed by atoms with Crippen LogP contribution >= 0.6 is 0 Å². The summed E-state index contributed by atoms with van der Waals surface area (Å²) in [6.07, 6.45) is 4.38. The Morgan fingerprint density at radius 1 is 1.27 bits per heavy atom. The van der Waals surface area contributed by atoms with E-state index in [1.165, 1.54) is 0 Å². The van der Waals surface area contributed by atoms with Crippen molar-refractivity contribution < 1.29 is 9.47 Å². The van der Waals surface area contributed by atoms with Crippen LogP contribution in [-0.4, -0.2) is 63.0 Å². The number of aromatic amines is 1. The molecule has 3 aromatic rings. The standard InChI is InChI=1S/C21H26N6O3/c1-29-15-6-7-18-14(11-15)12-17(21(28)22-18)19(26-8-2-3-9-26)20-23-24-25-27(20)13-16-5-4-10-30-16/h6-7,11-12,16,19H,2-5,8-10,13H2,1H3,(H,22,28)/t16-,19+/m1/s1. The first-order valence-corrected chi connectivity index (χ1v) is 10.6.